The first kappa shape index (κ1) is 29.0. The molecule has 0 bridgehead atoms. The van der Waals surface area contributed by atoms with Crippen LogP contribution >= 0.6 is 35.0 Å². The lowest BCUT2D eigenvalue weighted by Gasteiger charge is -2.32. The molecule has 0 spiro atoms. The lowest BCUT2D eigenvalue weighted by molar-refractivity contribution is -0.139. The Hall–Kier alpha value is -2.54. The predicted molar refractivity (Wildman–Crippen MR) is 151 cm³/mol. The lowest BCUT2D eigenvalue weighted by Crippen LogP contribution is -2.52. The molecule has 3 aromatic carbocycles. The monoisotopic (exact) mass is 560 g/mol. The Balaban J connectivity index is 1.89. The predicted octanol–water partition coefficient (Wildman–Crippen LogP) is 6.92. The SMILES string of the molecule is CC[C@H](C)NC(=O)[C@@H](Cc1ccccc1)N(Cc1ccc(Cl)cc1Cl)C(=O)CSCc1ccccc1F. The molecule has 0 radical (unpaired) electrons. The zero-order valence-electron chi connectivity index (χ0n) is 20.9. The van der Waals surface area contributed by atoms with Gasteiger partial charge in [-0.05, 0) is 48.2 Å². The molecule has 1 N–H and O–H groups in total. The molecular formula is C29H31Cl2FN2O2S. The minimum atomic E-state index is -0.760. The molecule has 37 heavy (non-hydrogen) atoms. The van der Waals surface area contributed by atoms with Gasteiger partial charge >= 0.3 is 0 Å². The van der Waals surface area contributed by atoms with E-state index in [0.717, 1.165) is 12.0 Å². The van der Waals surface area contributed by atoms with Gasteiger partial charge in [0, 0.05) is 34.8 Å². The molecule has 0 saturated carbocycles. The topological polar surface area (TPSA) is 49.4 Å². The highest BCUT2D eigenvalue weighted by molar-refractivity contribution is 7.99. The highest BCUT2D eigenvalue weighted by Gasteiger charge is 2.31. The molecular weight excluding hydrogens is 530 g/mol. The number of nitrogens with one attached hydrogen (secondary N) is 1. The van der Waals surface area contributed by atoms with E-state index in [1.165, 1.54) is 17.8 Å². The summed E-state index contributed by atoms with van der Waals surface area (Å²) < 4.78 is 14.1. The van der Waals surface area contributed by atoms with Crippen molar-refractivity contribution >= 4 is 46.8 Å². The van der Waals surface area contributed by atoms with E-state index in [9.17, 15) is 14.0 Å². The average molecular weight is 562 g/mol. The summed E-state index contributed by atoms with van der Waals surface area (Å²) in [5.74, 6) is -0.330. The molecule has 8 heteroatoms. The van der Waals surface area contributed by atoms with Crippen LogP contribution in [-0.2, 0) is 28.3 Å². The quantitative estimate of drug-likeness (QED) is 0.261. The van der Waals surface area contributed by atoms with Crippen LogP contribution in [0.25, 0.3) is 0 Å². The van der Waals surface area contributed by atoms with Gasteiger partial charge in [0.25, 0.3) is 0 Å². The standard InChI is InChI=1S/C29H31Cl2FN2O2S/c1-3-20(2)33-29(36)27(15-21-9-5-4-6-10-21)34(17-22-13-14-24(30)16-25(22)31)28(35)19-37-18-23-11-7-8-12-26(23)32/h4-14,16,20,27H,3,15,17-19H2,1-2H3,(H,33,36)/t20-,27+/m0/s1. The second kappa shape index (κ2) is 14.4. The molecule has 0 aliphatic carbocycles. The number of benzene rings is 3. The van der Waals surface area contributed by atoms with E-state index in [-0.39, 0.29) is 36.0 Å². The fraction of sp³-hybridized carbons (Fsp3) is 0.310. The Morgan fingerprint density at radius 2 is 1.70 bits per heavy atom. The number of halogens is 3. The summed E-state index contributed by atoms with van der Waals surface area (Å²) in [7, 11) is 0. The van der Waals surface area contributed by atoms with E-state index in [2.05, 4.69) is 5.32 Å². The molecule has 0 fully saturated rings. The molecule has 0 heterocycles. The Labute approximate surface area is 232 Å². The van der Waals surface area contributed by atoms with Crippen molar-refractivity contribution in [3.8, 4) is 0 Å². The maximum Gasteiger partial charge on any atom is 0.243 e. The van der Waals surface area contributed by atoms with E-state index in [0.29, 0.717) is 33.3 Å². The van der Waals surface area contributed by atoms with Gasteiger partial charge in [0.05, 0.1) is 5.75 Å². The maximum absolute atomic E-state index is 14.1. The van der Waals surface area contributed by atoms with E-state index < -0.39 is 6.04 Å². The third kappa shape index (κ3) is 8.77. The normalized spacial score (nSPS) is 12.6. The molecule has 3 rings (SSSR count). The second-order valence-electron chi connectivity index (χ2n) is 8.86. The molecule has 2 amide bonds. The second-order valence-corrected chi connectivity index (χ2v) is 10.7. The molecule has 0 saturated heterocycles. The summed E-state index contributed by atoms with van der Waals surface area (Å²) in [6.07, 6.45) is 1.11. The van der Waals surface area contributed by atoms with E-state index >= 15 is 0 Å². The van der Waals surface area contributed by atoms with Crippen molar-refractivity contribution in [1.82, 2.24) is 10.2 Å². The number of nitrogens with zero attached hydrogens (tertiary/aromatic N) is 1. The van der Waals surface area contributed by atoms with Gasteiger partial charge < -0.3 is 10.2 Å². The average Bonchev–Trinajstić information content (AvgIpc) is 2.88. The van der Waals surface area contributed by atoms with Gasteiger partial charge in [0.2, 0.25) is 11.8 Å². The Bertz CT molecular complexity index is 1200. The van der Waals surface area contributed by atoms with Crippen molar-refractivity contribution in [2.75, 3.05) is 5.75 Å². The first-order valence-corrected chi connectivity index (χ1v) is 14.1. The number of hydrogen-bond donors (Lipinski definition) is 1. The van der Waals surface area contributed by atoms with Crippen molar-refractivity contribution in [3.63, 3.8) is 0 Å². The van der Waals surface area contributed by atoms with Crippen molar-refractivity contribution in [3.05, 3.63) is 105 Å². The summed E-state index contributed by atoms with van der Waals surface area (Å²) in [6.45, 7) is 4.07. The number of carbonyl (C=O) groups is 2. The lowest BCUT2D eigenvalue weighted by atomic mass is 10.0. The minimum Gasteiger partial charge on any atom is -0.352 e. The van der Waals surface area contributed by atoms with Crippen LogP contribution in [0.5, 0.6) is 0 Å². The fourth-order valence-electron chi connectivity index (χ4n) is 3.78. The van der Waals surface area contributed by atoms with Gasteiger partial charge in [-0.25, -0.2) is 4.39 Å². The van der Waals surface area contributed by atoms with E-state index in [4.69, 9.17) is 23.2 Å². The van der Waals surface area contributed by atoms with Gasteiger partial charge in [-0.15, -0.1) is 11.8 Å². The Morgan fingerprint density at radius 3 is 2.38 bits per heavy atom. The molecule has 2 atom stereocenters. The smallest absolute Gasteiger partial charge is 0.243 e. The van der Waals surface area contributed by atoms with Gasteiger partial charge in [0.1, 0.15) is 11.9 Å². The first-order valence-electron chi connectivity index (χ1n) is 12.2. The molecule has 4 nitrogen and oxygen atoms in total. The largest absolute Gasteiger partial charge is 0.352 e. The summed E-state index contributed by atoms with van der Waals surface area (Å²) >= 11 is 13.9. The van der Waals surface area contributed by atoms with Crippen LogP contribution in [0.2, 0.25) is 10.0 Å². The molecule has 0 unspecified atom stereocenters. The highest BCUT2D eigenvalue weighted by atomic mass is 35.5. The first-order chi connectivity index (χ1) is 17.8. The number of rotatable bonds is 12. The summed E-state index contributed by atoms with van der Waals surface area (Å²) in [4.78, 5) is 28.7. The van der Waals surface area contributed by atoms with Gasteiger partial charge in [0.15, 0.2) is 0 Å². The molecule has 0 aliphatic rings. The van der Waals surface area contributed by atoms with Crippen LogP contribution in [0.1, 0.15) is 37.0 Å². The number of amides is 2. The minimum absolute atomic E-state index is 0.0442. The van der Waals surface area contributed by atoms with E-state index in [1.807, 2.05) is 44.2 Å². The summed E-state index contributed by atoms with van der Waals surface area (Å²) in [5.41, 5.74) is 2.15. The van der Waals surface area contributed by atoms with Crippen LogP contribution in [0.15, 0.2) is 72.8 Å². The van der Waals surface area contributed by atoms with Crippen LogP contribution < -0.4 is 5.32 Å². The zero-order chi connectivity index (χ0) is 26.8. The van der Waals surface area contributed by atoms with Gasteiger partial charge in [-0.2, -0.15) is 0 Å². The zero-order valence-corrected chi connectivity index (χ0v) is 23.3. The third-order valence-corrected chi connectivity index (χ3v) is 7.62. The molecule has 0 aromatic heterocycles. The molecule has 0 aliphatic heterocycles. The van der Waals surface area contributed by atoms with Crippen molar-refractivity contribution in [2.45, 2.75) is 51.1 Å². The Morgan fingerprint density at radius 1 is 1.00 bits per heavy atom. The van der Waals surface area contributed by atoms with Crippen LogP contribution in [-0.4, -0.2) is 34.6 Å². The summed E-state index contributed by atoms with van der Waals surface area (Å²) in [5, 5.41) is 3.95. The number of hydrogen-bond acceptors (Lipinski definition) is 3. The van der Waals surface area contributed by atoms with Crippen molar-refractivity contribution < 1.29 is 14.0 Å². The van der Waals surface area contributed by atoms with Crippen LogP contribution in [0, 0.1) is 5.82 Å². The van der Waals surface area contributed by atoms with Crippen molar-refractivity contribution in [2.24, 2.45) is 0 Å². The summed E-state index contributed by atoms with van der Waals surface area (Å²) in [6, 6.07) is 20.4. The maximum atomic E-state index is 14.1. The molecule has 196 valence electrons. The highest BCUT2D eigenvalue weighted by Crippen LogP contribution is 2.25. The van der Waals surface area contributed by atoms with Gasteiger partial charge in [-0.1, -0.05) is 84.7 Å². The van der Waals surface area contributed by atoms with Crippen molar-refractivity contribution in [1.29, 1.82) is 0 Å². The number of thioether (sulfide) groups is 1. The Kier molecular flexibility index (Phi) is 11.3. The number of carbonyl (C=O) groups excluding carboxylic acids is 2. The third-order valence-electron chi connectivity index (χ3n) is 6.07. The fourth-order valence-corrected chi connectivity index (χ4v) is 5.14. The van der Waals surface area contributed by atoms with E-state index in [1.54, 1.807) is 41.3 Å². The van der Waals surface area contributed by atoms with Crippen LogP contribution in [0.3, 0.4) is 0 Å². The molecule has 3 aromatic rings. The van der Waals surface area contributed by atoms with Gasteiger partial charge in [-0.3, -0.25) is 9.59 Å². The van der Waals surface area contributed by atoms with Crippen LogP contribution in [0.4, 0.5) is 4.39 Å².